The van der Waals surface area contributed by atoms with Gasteiger partial charge in [0.05, 0.1) is 11.0 Å². The molecule has 2 aromatic heterocycles. The van der Waals surface area contributed by atoms with E-state index in [1.165, 1.54) is 68.1 Å². The minimum atomic E-state index is 0.450. The van der Waals surface area contributed by atoms with Gasteiger partial charge in [0.1, 0.15) is 0 Å². The second-order valence-electron chi connectivity index (χ2n) is 11.6. The van der Waals surface area contributed by atoms with Crippen molar-refractivity contribution in [2.45, 2.75) is 71.6 Å². The molecule has 2 heterocycles. The van der Waals surface area contributed by atoms with E-state index in [4.69, 9.17) is 9.97 Å². The van der Waals surface area contributed by atoms with Crippen LogP contribution in [-0.2, 0) is 12.8 Å². The first kappa shape index (κ1) is 17.7. The van der Waals surface area contributed by atoms with Gasteiger partial charge >= 0.3 is 0 Å². The quantitative estimate of drug-likeness (QED) is 0.448. The van der Waals surface area contributed by atoms with Gasteiger partial charge in [-0.2, -0.15) is 0 Å². The van der Waals surface area contributed by atoms with Crippen LogP contribution in [0.1, 0.15) is 70.1 Å². The SMILES string of the molecule is C[C@@]12CCCC1C1CCC3Cc4nc5nc6ccccc6n5cc4C[C@]3(C)C1CC2. The fourth-order valence-electron chi connectivity index (χ4n) is 8.77. The van der Waals surface area contributed by atoms with Crippen molar-refractivity contribution in [3.8, 4) is 0 Å². The monoisotopic (exact) mass is 399 g/mol. The van der Waals surface area contributed by atoms with Crippen molar-refractivity contribution in [2.24, 2.45) is 34.5 Å². The molecular formula is C27H33N3. The van der Waals surface area contributed by atoms with Gasteiger partial charge in [0.25, 0.3) is 0 Å². The molecule has 0 bridgehead atoms. The number of rotatable bonds is 0. The molecule has 3 heteroatoms. The van der Waals surface area contributed by atoms with Gasteiger partial charge in [0.15, 0.2) is 0 Å². The predicted molar refractivity (Wildman–Crippen MR) is 120 cm³/mol. The minimum Gasteiger partial charge on any atom is -0.283 e. The summed E-state index contributed by atoms with van der Waals surface area (Å²) < 4.78 is 2.24. The van der Waals surface area contributed by atoms with E-state index in [2.05, 4.69) is 48.7 Å². The molecule has 3 fully saturated rings. The van der Waals surface area contributed by atoms with Gasteiger partial charge in [0, 0.05) is 11.9 Å². The summed E-state index contributed by atoms with van der Waals surface area (Å²) >= 11 is 0. The van der Waals surface area contributed by atoms with Crippen molar-refractivity contribution < 1.29 is 0 Å². The van der Waals surface area contributed by atoms with Crippen LogP contribution in [0, 0.1) is 34.5 Å². The van der Waals surface area contributed by atoms with E-state index in [0.717, 1.165) is 41.4 Å². The molecule has 4 aliphatic carbocycles. The van der Waals surface area contributed by atoms with Crippen LogP contribution in [0.4, 0.5) is 0 Å². The lowest BCUT2D eigenvalue weighted by Crippen LogP contribution is -2.53. The number of benzene rings is 1. The smallest absolute Gasteiger partial charge is 0.235 e. The molecule has 3 saturated carbocycles. The first-order valence-electron chi connectivity index (χ1n) is 12.3. The number of fused-ring (bicyclic) bond motifs is 9. The van der Waals surface area contributed by atoms with Gasteiger partial charge in [-0.15, -0.1) is 0 Å². The molecule has 0 spiro atoms. The number of imidazole rings is 1. The van der Waals surface area contributed by atoms with E-state index in [1.807, 2.05) is 0 Å². The van der Waals surface area contributed by atoms with Crippen LogP contribution in [0.25, 0.3) is 16.8 Å². The summed E-state index contributed by atoms with van der Waals surface area (Å²) in [7, 11) is 0. The van der Waals surface area contributed by atoms with E-state index in [-0.39, 0.29) is 0 Å². The summed E-state index contributed by atoms with van der Waals surface area (Å²) in [4.78, 5) is 9.90. The van der Waals surface area contributed by atoms with Crippen LogP contribution in [-0.4, -0.2) is 14.4 Å². The van der Waals surface area contributed by atoms with Gasteiger partial charge in [-0.25, -0.2) is 9.97 Å². The molecule has 156 valence electrons. The fraction of sp³-hybridized carbons (Fsp3) is 0.630. The largest absolute Gasteiger partial charge is 0.283 e. The van der Waals surface area contributed by atoms with Crippen LogP contribution >= 0.6 is 0 Å². The van der Waals surface area contributed by atoms with Crippen LogP contribution in [0.15, 0.2) is 30.5 Å². The maximum atomic E-state index is 5.10. The molecule has 4 aliphatic rings. The number of para-hydroxylation sites is 2. The van der Waals surface area contributed by atoms with Crippen LogP contribution in [0.3, 0.4) is 0 Å². The van der Waals surface area contributed by atoms with Crippen LogP contribution < -0.4 is 0 Å². The third-order valence-corrected chi connectivity index (χ3v) is 10.3. The Morgan fingerprint density at radius 3 is 2.80 bits per heavy atom. The normalized spacial score (nSPS) is 40.1. The zero-order valence-corrected chi connectivity index (χ0v) is 18.4. The maximum absolute atomic E-state index is 5.10. The fourth-order valence-corrected chi connectivity index (χ4v) is 8.77. The van der Waals surface area contributed by atoms with E-state index >= 15 is 0 Å². The number of hydrogen-bond acceptors (Lipinski definition) is 2. The van der Waals surface area contributed by atoms with Gasteiger partial charge in [-0.1, -0.05) is 32.4 Å². The summed E-state index contributed by atoms with van der Waals surface area (Å²) in [5.74, 6) is 4.56. The molecule has 30 heavy (non-hydrogen) atoms. The molecular weight excluding hydrogens is 366 g/mol. The van der Waals surface area contributed by atoms with Crippen molar-refractivity contribution in [1.82, 2.24) is 14.4 Å². The Morgan fingerprint density at radius 2 is 1.87 bits per heavy atom. The third kappa shape index (κ3) is 2.22. The average molecular weight is 400 g/mol. The molecule has 3 nitrogen and oxygen atoms in total. The standard InChI is InChI=1S/C27H33N3/c1-26-12-5-6-20(26)19-10-9-18-14-23-17(15-27(18,2)21(19)11-13-26)16-30-24-8-4-3-7-22(24)28-25(30)29-23/h3-4,7-8,16,18-21H,5-6,9-15H2,1-2H3/t18?,19?,20?,21?,26-,27-/m0/s1. The lowest BCUT2D eigenvalue weighted by atomic mass is 9.45. The molecule has 1 aromatic carbocycles. The second kappa shape index (κ2) is 5.87. The van der Waals surface area contributed by atoms with Crippen molar-refractivity contribution in [3.05, 3.63) is 41.7 Å². The van der Waals surface area contributed by atoms with Crippen molar-refractivity contribution in [3.63, 3.8) is 0 Å². The lowest BCUT2D eigenvalue weighted by molar-refractivity contribution is -0.0903. The zero-order valence-electron chi connectivity index (χ0n) is 18.4. The highest BCUT2D eigenvalue weighted by Crippen LogP contribution is 2.65. The summed E-state index contributed by atoms with van der Waals surface area (Å²) in [5.41, 5.74) is 6.18. The molecule has 7 rings (SSSR count). The van der Waals surface area contributed by atoms with Crippen molar-refractivity contribution in [1.29, 1.82) is 0 Å². The van der Waals surface area contributed by atoms with E-state index < -0.39 is 0 Å². The molecule has 4 unspecified atom stereocenters. The Labute approximate surface area is 179 Å². The highest BCUT2D eigenvalue weighted by Gasteiger charge is 2.57. The molecule has 0 aliphatic heterocycles. The maximum Gasteiger partial charge on any atom is 0.235 e. The second-order valence-corrected chi connectivity index (χ2v) is 11.6. The van der Waals surface area contributed by atoms with E-state index in [9.17, 15) is 0 Å². The van der Waals surface area contributed by atoms with Crippen LogP contribution in [0.5, 0.6) is 0 Å². The number of aromatic nitrogens is 3. The highest BCUT2D eigenvalue weighted by molar-refractivity contribution is 5.79. The van der Waals surface area contributed by atoms with Crippen LogP contribution in [0.2, 0.25) is 0 Å². The number of nitrogens with zero attached hydrogens (tertiary/aromatic N) is 3. The summed E-state index contributed by atoms with van der Waals surface area (Å²) in [5, 5.41) is 0. The van der Waals surface area contributed by atoms with Crippen molar-refractivity contribution >= 4 is 16.8 Å². The van der Waals surface area contributed by atoms with Gasteiger partial charge < -0.3 is 0 Å². The molecule has 3 aromatic rings. The van der Waals surface area contributed by atoms with Crippen molar-refractivity contribution in [2.75, 3.05) is 0 Å². The average Bonchev–Trinajstić information content (AvgIpc) is 3.30. The minimum absolute atomic E-state index is 0.450. The molecule has 0 amide bonds. The molecule has 6 atom stereocenters. The Morgan fingerprint density at radius 1 is 0.967 bits per heavy atom. The van der Waals surface area contributed by atoms with E-state index in [0.29, 0.717) is 10.8 Å². The molecule has 0 radical (unpaired) electrons. The summed E-state index contributed by atoms with van der Waals surface area (Å²) in [6, 6.07) is 8.47. The number of hydrogen-bond donors (Lipinski definition) is 0. The zero-order chi connectivity index (χ0) is 20.1. The predicted octanol–water partition coefficient (Wildman–Crippen LogP) is 6.23. The lowest BCUT2D eigenvalue weighted by Gasteiger charge is -2.59. The summed E-state index contributed by atoms with van der Waals surface area (Å²) in [6.07, 6.45) is 15.0. The Hall–Kier alpha value is -1.90. The van der Waals surface area contributed by atoms with E-state index in [1.54, 1.807) is 0 Å². The Kier molecular flexibility index (Phi) is 3.47. The first-order valence-corrected chi connectivity index (χ1v) is 12.3. The molecule has 0 N–H and O–H groups in total. The Balaban J connectivity index is 1.31. The van der Waals surface area contributed by atoms with Gasteiger partial charge in [-0.3, -0.25) is 4.40 Å². The van der Waals surface area contributed by atoms with Gasteiger partial charge in [0.2, 0.25) is 5.78 Å². The van der Waals surface area contributed by atoms with Gasteiger partial charge in [-0.05, 0) is 104 Å². The third-order valence-electron chi connectivity index (χ3n) is 10.3. The Bertz CT molecular complexity index is 1160. The topological polar surface area (TPSA) is 30.2 Å². The first-order chi connectivity index (χ1) is 14.6. The molecule has 0 saturated heterocycles. The highest BCUT2D eigenvalue weighted by atomic mass is 15.1. The summed E-state index contributed by atoms with van der Waals surface area (Å²) in [6.45, 7) is 5.28.